The summed E-state index contributed by atoms with van der Waals surface area (Å²) >= 11 is 0. The largest absolute Gasteiger partial charge is 0.459 e. The zero-order chi connectivity index (χ0) is 44.1. The van der Waals surface area contributed by atoms with E-state index in [1.165, 1.54) is 21.0 Å². The number of rotatable bonds is 11. The number of methoxy groups -OCH3 is 1. The van der Waals surface area contributed by atoms with E-state index in [1.54, 1.807) is 41.5 Å². The Labute approximate surface area is 347 Å². The van der Waals surface area contributed by atoms with Gasteiger partial charge in [-0.2, -0.15) is 0 Å². The van der Waals surface area contributed by atoms with E-state index >= 15 is 0 Å². The lowest BCUT2D eigenvalue weighted by Crippen LogP contribution is -2.60. The molecule has 58 heavy (non-hydrogen) atoms. The Morgan fingerprint density at radius 1 is 0.983 bits per heavy atom. The molecule has 6 N–H and O–H groups in total. The van der Waals surface area contributed by atoms with Crippen molar-refractivity contribution < 1.29 is 63.5 Å². The number of aliphatic hydroxyl groups excluding tert-OH is 3. The lowest BCUT2D eigenvalue weighted by molar-refractivity contribution is -0.318. The highest BCUT2D eigenvalue weighted by atomic mass is 16.7. The standard InChI is InChI=1S/C42H79N3O13/c1-15-31-42(11,52)35(48)27(6)45(18-16-17-43-29(8)46)22-23(2)20-40(9,51)37(58-39-33(47)30(44(12)13)19-24(3)54-39)25(4)34(26(5)38(50)56-31)57-32-21-41(10,53-14)36(49)28(7)55-32/h23-28,30-37,39,47-49,51-52H,15-22H2,1-14H3,(H,43,46). The fraction of sp³-hybridized carbons (Fsp3) is 0.952. The lowest BCUT2D eigenvalue weighted by atomic mass is 9.77. The monoisotopic (exact) mass is 834 g/mol. The topological polar surface area (TPSA) is 209 Å². The van der Waals surface area contributed by atoms with Crippen LogP contribution in [-0.2, 0) is 38.0 Å². The van der Waals surface area contributed by atoms with Crippen molar-refractivity contribution in [3.05, 3.63) is 0 Å². The second kappa shape index (κ2) is 21.0. The number of hydrogen-bond acceptors (Lipinski definition) is 15. The van der Waals surface area contributed by atoms with Crippen LogP contribution in [0.2, 0.25) is 0 Å². The highest BCUT2D eigenvalue weighted by Gasteiger charge is 2.53. The first-order chi connectivity index (χ1) is 26.8. The highest BCUT2D eigenvalue weighted by molar-refractivity contribution is 5.73. The first kappa shape index (κ1) is 50.8. The van der Waals surface area contributed by atoms with Gasteiger partial charge in [-0.05, 0) is 94.2 Å². The SMILES string of the molecule is CCC1OC(=O)C(C)C(OC2CC(C)(OC)C(O)C(C)O2)C(C)C(OC2OC(C)CC(N(C)C)C2O)C(C)(O)CC(C)CN(CCCNC(C)=O)C(C)C(O)C1(C)O. The van der Waals surface area contributed by atoms with Crippen molar-refractivity contribution in [2.75, 3.05) is 40.8 Å². The molecule has 18 atom stereocenters. The third-order valence-electron chi connectivity index (χ3n) is 13.0. The Morgan fingerprint density at radius 2 is 1.62 bits per heavy atom. The average Bonchev–Trinajstić information content (AvgIpc) is 3.13. The minimum Gasteiger partial charge on any atom is -0.459 e. The van der Waals surface area contributed by atoms with Crippen molar-refractivity contribution in [2.24, 2.45) is 17.8 Å². The van der Waals surface area contributed by atoms with Crippen molar-refractivity contribution in [1.82, 2.24) is 15.1 Å². The molecule has 0 spiro atoms. The minimum absolute atomic E-state index is 0.111. The Bertz CT molecular complexity index is 1310. The van der Waals surface area contributed by atoms with Crippen LogP contribution < -0.4 is 5.32 Å². The van der Waals surface area contributed by atoms with Gasteiger partial charge in [0.05, 0.1) is 41.5 Å². The van der Waals surface area contributed by atoms with Crippen molar-refractivity contribution in [1.29, 1.82) is 0 Å². The Hall–Kier alpha value is -1.54. The van der Waals surface area contributed by atoms with Crippen LogP contribution in [0.25, 0.3) is 0 Å². The molecule has 0 saturated carbocycles. The van der Waals surface area contributed by atoms with Gasteiger partial charge in [0.25, 0.3) is 0 Å². The summed E-state index contributed by atoms with van der Waals surface area (Å²) in [6.07, 6.45) is -8.20. The molecule has 18 unspecified atom stereocenters. The number of carbonyl (C=O) groups excluding carboxylic acids is 2. The van der Waals surface area contributed by atoms with Crippen LogP contribution in [-0.4, -0.2) is 178 Å². The molecule has 0 bridgehead atoms. The lowest BCUT2D eigenvalue weighted by Gasteiger charge is -2.48. The zero-order valence-electron chi connectivity index (χ0n) is 37.7. The maximum Gasteiger partial charge on any atom is 0.311 e. The van der Waals surface area contributed by atoms with Gasteiger partial charge in [-0.25, -0.2) is 0 Å². The molecule has 3 aliphatic heterocycles. The molecule has 0 aliphatic carbocycles. The quantitative estimate of drug-likeness (QED) is 0.130. The van der Waals surface area contributed by atoms with Gasteiger partial charge in [0, 0.05) is 58.1 Å². The summed E-state index contributed by atoms with van der Waals surface area (Å²) in [7, 11) is 5.25. The van der Waals surface area contributed by atoms with Crippen LogP contribution in [0.1, 0.15) is 108 Å². The molecular weight excluding hydrogens is 754 g/mol. The Morgan fingerprint density at radius 3 is 2.19 bits per heavy atom. The number of carbonyl (C=O) groups is 2. The molecule has 3 rings (SSSR count). The molecule has 16 heteroatoms. The number of ether oxygens (including phenoxy) is 6. The third-order valence-corrected chi connectivity index (χ3v) is 13.0. The molecule has 16 nitrogen and oxygen atoms in total. The molecule has 1 amide bonds. The fourth-order valence-electron chi connectivity index (χ4n) is 9.45. The van der Waals surface area contributed by atoms with Crippen LogP contribution in [0.3, 0.4) is 0 Å². The number of amides is 1. The van der Waals surface area contributed by atoms with Gasteiger partial charge in [-0.3, -0.25) is 14.5 Å². The van der Waals surface area contributed by atoms with Gasteiger partial charge < -0.3 is 64.2 Å². The number of esters is 1. The second-order valence-electron chi connectivity index (χ2n) is 18.6. The van der Waals surface area contributed by atoms with E-state index in [2.05, 4.69) is 5.32 Å². The first-order valence-corrected chi connectivity index (χ1v) is 21.3. The smallest absolute Gasteiger partial charge is 0.311 e. The number of nitrogens with zero attached hydrogens (tertiary/aromatic N) is 2. The summed E-state index contributed by atoms with van der Waals surface area (Å²) < 4.78 is 37.8. The zero-order valence-corrected chi connectivity index (χ0v) is 37.7. The molecule has 340 valence electrons. The molecule has 0 aromatic heterocycles. The van der Waals surface area contributed by atoms with Gasteiger partial charge in [-0.1, -0.05) is 20.8 Å². The summed E-state index contributed by atoms with van der Waals surface area (Å²) in [6.45, 7) is 20.2. The molecule has 3 aliphatic rings. The van der Waals surface area contributed by atoms with Crippen molar-refractivity contribution in [2.45, 2.75) is 199 Å². The molecule has 0 radical (unpaired) electrons. The second-order valence-corrected chi connectivity index (χ2v) is 18.6. The van der Waals surface area contributed by atoms with E-state index in [4.69, 9.17) is 28.4 Å². The summed E-state index contributed by atoms with van der Waals surface area (Å²) in [6, 6.07) is -0.938. The summed E-state index contributed by atoms with van der Waals surface area (Å²) in [5.74, 6) is -2.94. The summed E-state index contributed by atoms with van der Waals surface area (Å²) in [5, 5.41) is 62.0. The van der Waals surface area contributed by atoms with Crippen LogP contribution in [0.4, 0.5) is 0 Å². The highest BCUT2D eigenvalue weighted by Crippen LogP contribution is 2.40. The van der Waals surface area contributed by atoms with E-state index in [0.29, 0.717) is 32.5 Å². The van der Waals surface area contributed by atoms with Crippen LogP contribution in [0.5, 0.6) is 0 Å². The number of cyclic esters (lactones) is 1. The van der Waals surface area contributed by atoms with Gasteiger partial charge in [0.1, 0.15) is 30.0 Å². The van der Waals surface area contributed by atoms with E-state index in [1.807, 2.05) is 44.7 Å². The van der Waals surface area contributed by atoms with Gasteiger partial charge in [0.2, 0.25) is 5.91 Å². The number of aliphatic hydroxyl groups is 5. The predicted octanol–water partition coefficient (Wildman–Crippen LogP) is 1.80. The molecule has 0 aromatic rings. The maximum absolute atomic E-state index is 14.4. The number of nitrogens with one attached hydrogen (secondary N) is 1. The first-order valence-electron chi connectivity index (χ1n) is 21.3. The van der Waals surface area contributed by atoms with Gasteiger partial charge >= 0.3 is 5.97 Å². The molecule has 3 fully saturated rings. The van der Waals surface area contributed by atoms with Crippen LogP contribution >= 0.6 is 0 Å². The third kappa shape index (κ3) is 12.3. The molecule has 3 saturated heterocycles. The summed E-state index contributed by atoms with van der Waals surface area (Å²) in [5.41, 5.74) is -4.55. The number of likely N-dealkylation sites (N-methyl/N-ethyl adjacent to an activating group) is 1. The molecule has 0 aromatic carbocycles. The molecular formula is C42H79N3O13. The van der Waals surface area contributed by atoms with E-state index in [-0.39, 0.29) is 43.2 Å². The predicted molar refractivity (Wildman–Crippen MR) is 216 cm³/mol. The van der Waals surface area contributed by atoms with Crippen LogP contribution in [0, 0.1) is 17.8 Å². The van der Waals surface area contributed by atoms with Gasteiger partial charge in [-0.15, -0.1) is 0 Å². The van der Waals surface area contributed by atoms with Crippen molar-refractivity contribution in [3.63, 3.8) is 0 Å². The molecule has 3 heterocycles. The van der Waals surface area contributed by atoms with Crippen molar-refractivity contribution >= 4 is 11.9 Å². The minimum atomic E-state index is -1.88. The van der Waals surface area contributed by atoms with Crippen LogP contribution in [0.15, 0.2) is 0 Å². The fourth-order valence-corrected chi connectivity index (χ4v) is 9.45. The normalized spacial score (nSPS) is 45.6. The van der Waals surface area contributed by atoms with E-state index < -0.39 is 96.0 Å². The Kier molecular flexibility index (Phi) is 18.4. The van der Waals surface area contributed by atoms with E-state index in [9.17, 15) is 35.1 Å². The maximum atomic E-state index is 14.4. The Balaban J connectivity index is 2.19. The van der Waals surface area contributed by atoms with Gasteiger partial charge in [0.15, 0.2) is 12.6 Å². The number of hydrogen-bond donors (Lipinski definition) is 6. The summed E-state index contributed by atoms with van der Waals surface area (Å²) in [4.78, 5) is 30.0. The van der Waals surface area contributed by atoms with E-state index in [0.717, 1.165) is 0 Å². The van der Waals surface area contributed by atoms with Crippen molar-refractivity contribution in [3.8, 4) is 0 Å². The average molecular weight is 834 g/mol.